The highest BCUT2D eigenvalue weighted by atomic mass is 16.3. The van der Waals surface area contributed by atoms with Gasteiger partial charge < -0.3 is 5.11 Å². The van der Waals surface area contributed by atoms with Crippen molar-refractivity contribution in [1.82, 2.24) is 9.80 Å². The molecule has 3 rings (SSSR count). The van der Waals surface area contributed by atoms with E-state index in [-0.39, 0.29) is 5.41 Å². The Morgan fingerprint density at radius 2 is 1.60 bits per heavy atom. The minimum absolute atomic E-state index is 0.120. The molecule has 0 bridgehead atoms. The van der Waals surface area contributed by atoms with Gasteiger partial charge in [0.15, 0.2) is 0 Å². The lowest BCUT2D eigenvalue weighted by Crippen LogP contribution is -2.49. The fourth-order valence-corrected chi connectivity index (χ4v) is 3.97. The Balaban J connectivity index is 1.68. The monoisotopic (exact) mass is 338 g/mol. The predicted octanol–water partition coefficient (Wildman–Crippen LogP) is 4.30. The Morgan fingerprint density at radius 1 is 0.920 bits per heavy atom. The summed E-state index contributed by atoms with van der Waals surface area (Å²) in [6.07, 6.45) is 0. The Hall–Kier alpha value is -1.84. The summed E-state index contributed by atoms with van der Waals surface area (Å²) < 4.78 is 0. The molecule has 1 atom stereocenters. The molecule has 1 aliphatic rings. The zero-order chi connectivity index (χ0) is 17.9. The summed E-state index contributed by atoms with van der Waals surface area (Å²) in [6.45, 7) is 12.2. The molecule has 1 aliphatic heterocycles. The van der Waals surface area contributed by atoms with Crippen LogP contribution in [0.5, 0.6) is 5.75 Å². The van der Waals surface area contributed by atoms with E-state index in [2.05, 4.69) is 67.0 Å². The van der Waals surface area contributed by atoms with Gasteiger partial charge >= 0.3 is 0 Å². The van der Waals surface area contributed by atoms with Gasteiger partial charge in [-0.05, 0) is 28.7 Å². The van der Waals surface area contributed by atoms with E-state index >= 15 is 0 Å². The van der Waals surface area contributed by atoms with Crippen LogP contribution in [0.3, 0.4) is 0 Å². The fraction of sp³-hybridized carbons (Fsp3) is 0.455. The van der Waals surface area contributed by atoms with Crippen molar-refractivity contribution in [2.75, 3.05) is 26.2 Å². The van der Waals surface area contributed by atoms with E-state index in [1.165, 1.54) is 11.1 Å². The number of piperazine rings is 1. The van der Waals surface area contributed by atoms with Gasteiger partial charge in [-0.1, -0.05) is 63.2 Å². The molecular formula is C22H30N2O. The molecule has 0 spiro atoms. The third-order valence-electron chi connectivity index (χ3n) is 5.03. The van der Waals surface area contributed by atoms with Gasteiger partial charge in [-0.25, -0.2) is 0 Å². The molecule has 1 unspecified atom stereocenters. The molecule has 1 fully saturated rings. The van der Waals surface area contributed by atoms with Gasteiger partial charge in [0.1, 0.15) is 5.75 Å². The van der Waals surface area contributed by atoms with E-state index < -0.39 is 0 Å². The highest BCUT2D eigenvalue weighted by Crippen LogP contribution is 2.39. The van der Waals surface area contributed by atoms with Crippen molar-refractivity contribution in [1.29, 1.82) is 0 Å². The number of rotatable bonds is 4. The van der Waals surface area contributed by atoms with Crippen LogP contribution in [-0.2, 0) is 6.54 Å². The van der Waals surface area contributed by atoms with Crippen LogP contribution in [0.4, 0.5) is 0 Å². The lowest BCUT2D eigenvalue weighted by atomic mass is 9.81. The maximum atomic E-state index is 9.91. The van der Waals surface area contributed by atoms with Crippen molar-refractivity contribution in [2.45, 2.75) is 33.4 Å². The molecule has 25 heavy (non-hydrogen) atoms. The summed E-state index contributed by atoms with van der Waals surface area (Å²) in [6, 6.07) is 18.8. The number of aromatic hydroxyl groups is 1. The third kappa shape index (κ3) is 4.62. The van der Waals surface area contributed by atoms with Gasteiger partial charge in [0.2, 0.25) is 0 Å². The normalized spacial score (nSPS) is 18.2. The van der Waals surface area contributed by atoms with Gasteiger partial charge in [0, 0.05) is 38.8 Å². The van der Waals surface area contributed by atoms with Crippen molar-refractivity contribution in [3.8, 4) is 5.75 Å². The smallest absolute Gasteiger partial charge is 0.115 e. The second-order valence-electron chi connectivity index (χ2n) is 8.16. The highest BCUT2D eigenvalue weighted by molar-refractivity contribution is 5.30. The Morgan fingerprint density at radius 3 is 2.20 bits per heavy atom. The zero-order valence-electron chi connectivity index (χ0n) is 15.7. The molecule has 1 saturated heterocycles. The quantitative estimate of drug-likeness (QED) is 0.900. The first kappa shape index (κ1) is 18.0. The first-order chi connectivity index (χ1) is 11.9. The van der Waals surface area contributed by atoms with E-state index in [4.69, 9.17) is 0 Å². The lowest BCUT2D eigenvalue weighted by Gasteiger charge is -2.45. The molecule has 0 radical (unpaired) electrons. The van der Waals surface area contributed by atoms with Crippen molar-refractivity contribution in [2.24, 2.45) is 5.41 Å². The summed E-state index contributed by atoms with van der Waals surface area (Å²) in [5.41, 5.74) is 2.72. The number of nitrogens with zero attached hydrogens (tertiary/aromatic N) is 2. The zero-order valence-corrected chi connectivity index (χ0v) is 15.7. The predicted molar refractivity (Wildman–Crippen MR) is 104 cm³/mol. The number of benzene rings is 2. The molecule has 2 aromatic rings. The van der Waals surface area contributed by atoms with Crippen LogP contribution in [0, 0.1) is 5.41 Å². The van der Waals surface area contributed by atoms with E-state index in [0.29, 0.717) is 11.8 Å². The number of hydrogen-bond donors (Lipinski definition) is 1. The summed E-state index contributed by atoms with van der Waals surface area (Å²) in [5.74, 6) is 0.356. The van der Waals surface area contributed by atoms with Crippen LogP contribution in [0.1, 0.15) is 37.9 Å². The van der Waals surface area contributed by atoms with Gasteiger partial charge in [0.05, 0.1) is 0 Å². The minimum atomic E-state index is 0.120. The molecule has 0 saturated carbocycles. The van der Waals surface area contributed by atoms with Crippen LogP contribution < -0.4 is 0 Å². The van der Waals surface area contributed by atoms with E-state index in [1.54, 1.807) is 6.07 Å². The van der Waals surface area contributed by atoms with E-state index in [0.717, 1.165) is 32.7 Å². The average Bonchev–Trinajstić information content (AvgIpc) is 2.56. The summed E-state index contributed by atoms with van der Waals surface area (Å²) in [5, 5.41) is 9.91. The lowest BCUT2D eigenvalue weighted by molar-refractivity contribution is 0.0420. The van der Waals surface area contributed by atoms with Crippen LogP contribution in [-0.4, -0.2) is 41.1 Å². The maximum absolute atomic E-state index is 9.91. The summed E-state index contributed by atoms with van der Waals surface area (Å²) in [4.78, 5) is 5.12. The number of hydrogen-bond acceptors (Lipinski definition) is 3. The summed E-state index contributed by atoms with van der Waals surface area (Å²) >= 11 is 0. The first-order valence-electron chi connectivity index (χ1n) is 9.23. The molecular weight excluding hydrogens is 308 g/mol. The number of phenolic OH excluding ortho intramolecular Hbond substituents is 1. The number of phenols is 1. The SMILES string of the molecule is CC(C)(C)C(c1cccc(O)c1)N1CCN(Cc2ccccc2)CC1. The van der Waals surface area contributed by atoms with E-state index in [9.17, 15) is 5.11 Å². The molecule has 134 valence electrons. The third-order valence-corrected chi connectivity index (χ3v) is 5.03. The van der Waals surface area contributed by atoms with E-state index in [1.807, 2.05) is 12.1 Å². The van der Waals surface area contributed by atoms with Gasteiger partial charge in [-0.3, -0.25) is 9.80 Å². The Kier molecular flexibility index (Phi) is 5.45. The molecule has 3 heteroatoms. The molecule has 1 heterocycles. The first-order valence-corrected chi connectivity index (χ1v) is 9.23. The largest absolute Gasteiger partial charge is 0.508 e. The Bertz CT molecular complexity index is 670. The standard InChI is InChI=1S/C22H30N2O/c1-22(2,3)21(19-10-7-11-20(25)16-19)24-14-12-23(13-15-24)17-18-8-5-4-6-9-18/h4-11,16,21,25H,12-15,17H2,1-3H3. The highest BCUT2D eigenvalue weighted by Gasteiger charge is 2.33. The molecule has 0 aliphatic carbocycles. The van der Waals surface area contributed by atoms with Crippen molar-refractivity contribution >= 4 is 0 Å². The molecule has 0 amide bonds. The topological polar surface area (TPSA) is 26.7 Å². The second kappa shape index (κ2) is 7.59. The van der Waals surface area contributed by atoms with Crippen molar-refractivity contribution < 1.29 is 5.11 Å². The maximum Gasteiger partial charge on any atom is 0.115 e. The van der Waals surface area contributed by atoms with Gasteiger partial charge in [-0.2, -0.15) is 0 Å². The Labute approximate surface area is 151 Å². The van der Waals surface area contributed by atoms with Gasteiger partial charge in [-0.15, -0.1) is 0 Å². The van der Waals surface area contributed by atoms with Crippen LogP contribution in [0.15, 0.2) is 54.6 Å². The molecule has 0 aromatic heterocycles. The molecule has 1 N–H and O–H groups in total. The molecule has 2 aromatic carbocycles. The molecule has 3 nitrogen and oxygen atoms in total. The fourth-order valence-electron chi connectivity index (χ4n) is 3.97. The average molecular weight is 338 g/mol. The van der Waals surface area contributed by atoms with Crippen molar-refractivity contribution in [3.63, 3.8) is 0 Å². The second-order valence-corrected chi connectivity index (χ2v) is 8.16. The van der Waals surface area contributed by atoms with Crippen LogP contribution in [0.2, 0.25) is 0 Å². The van der Waals surface area contributed by atoms with Crippen molar-refractivity contribution in [3.05, 3.63) is 65.7 Å². The van der Waals surface area contributed by atoms with Crippen LogP contribution in [0.25, 0.3) is 0 Å². The minimum Gasteiger partial charge on any atom is -0.508 e. The summed E-state index contributed by atoms with van der Waals surface area (Å²) in [7, 11) is 0. The van der Waals surface area contributed by atoms with Gasteiger partial charge in [0.25, 0.3) is 0 Å². The van der Waals surface area contributed by atoms with Crippen LogP contribution >= 0.6 is 0 Å².